The van der Waals surface area contributed by atoms with Crippen LogP contribution in [0.2, 0.25) is 5.02 Å². The lowest BCUT2D eigenvalue weighted by Gasteiger charge is -2.15. The Labute approximate surface area is 112 Å². The second-order valence-corrected chi connectivity index (χ2v) is 4.77. The molecule has 1 unspecified atom stereocenters. The molecular formula is C14H17ClN2O. The van der Waals surface area contributed by atoms with Gasteiger partial charge in [0.2, 0.25) is 0 Å². The van der Waals surface area contributed by atoms with Gasteiger partial charge in [-0.2, -0.15) is 0 Å². The highest BCUT2D eigenvalue weighted by atomic mass is 35.5. The lowest BCUT2D eigenvalue weighted by atomic mass is 10.0. The van der Waals surface area contributed by atoms with E-state index in [4.69, 9.17) is 16.1 Å². The van der Waals surface area contributed by atoms with Crippen LogP contribution in [0, 0.1) is 6.92 Å². The Morgan fingerprint density at radius 2 is 2.22 bits per heavy atom. The number of rotatable bonds is 4. The summed E-state index contributed by atoms with van der Waals surface area (Å²) >= 11 is 5.97. The molecule has 0 aliphatic carbocycles. The molecule has 0 saturated carbocycles. The van der Waals surface area contributed by atoms with E-state index in [1.54, 1.807) is 0 Å². The van der Waals surface area contributed by atoms with Gasteiger partial charge in [0.1, 0.15) is 5.76 Å². The van der Waals surface area contributed by atoms with Crippen LogP contribution in [0.25, 0.3) is 0 Å². The number of nitrogens with one attached hydrogen (secondary N) is 1. The molecule has 18 heavy (non-hydrogen) atoms. The minimum Gasteiger partial charge on any atom is -0.378 e. The monoisotopic (exact) mass is 264 g/mol. The Balaban J connectivity index is 2.21. The first kappa shape index (κ1) is 13.0. The van der Waals surface area contributed by atoms with Crippen LogP contribution in [0.4, 0.5) is 5.69 Å². The van der Waals surface area contributed by atoms with Crippen LogP contribution >= 0.6 is 11.6 Å². The highest BCUT2D eigenvalue weighted by Gasteiger charge is 2.17. The van der Waals surface area contributed by atoms with E-state index in [0.29, 0.717) is 0 Å². The van der Waals surface area contributed by atoms with Crippen molar-refractivity contribution in [3.63, 3.8) is 0 Å². The minimum absolute atomic E-state index is 0.143. The molecule has 3 nitrogen and oxygen atoms in total. The molecule has 1 atom stereocenters. The average Bonchev–Trinajstić information content (AvgIpc) is 2.70. The van der Waals surface area contributed by atoms with Crippen LogP contribution < -0.4 is 5.32 Å². The molecule has 1 aromatic carbocycles. The largest absolute Gasteiger partial charge is 0.378 e. The van der Waals surface area contributed by atoms with Crippen LogP contribution in [0.1, 0.15) is 36.9 Å². The van der Waals surface area contributed by atoms with E-state index in [1.807, 2.05) is 31.2 Å². The van der Waals surface area contributed by atoms with Crippen molar-refractivity contribution in [2.75, 3.05) is 5.32 Å². The van der Waals surface area contributed by atoms with E-state index >= 15 is 0 Å². The van der Waals surface area contributed by atoms with Crippen molar-refractivity contribution in [3.8, 4) is 0 Å². The number of hydrogen-bond acceptors (Lipinski definition) is 3. The Morgan fingerprint density at radius 1 is 1.44 bits per heavy atom. The fourth-order valence-corrected chi connectivity index (χ4v) is 2.33. The predicted molar refractivity (Wildman–Crippen MR) is 74.1 cm³/mol. The summed E-state index contributed by atoms with van der Waals surface area (Å²) in [5.41, 5.74) is 3.14. The topological polar surface area (TPSA) is 38.1 Å². The van der Waals surface area contributed by atoms with Crippen molar-refractivity contribution in [1.82, 2.24) is 5.16 Å². The summed E-state index contributed by atoms with van der Waals surface area (Å²) < 4.78 is 5.25. The molecule has 0 spiro atoms. The minimum atomic E-state index is 0.143. The normalized spacial score (nSPS) is 12.4. The fourth-order valence-electron chi connectivity index (χ4n) is 2.14. The molecule has 0 aliphatic rings. The predicted octanol–water partition coefficient (Wildman–Crippen LogP) is 4.37. The van der Waals surface area contributed by atoms with E-state index in [0.717, 1.165) is 34.1 Å². The summed E-state index contributed by atoms with van der Waals surface area (Å²) in [6.45, 7) is 6.12. The molecule has 0 radical (unpaired) electrons. The third-order valence-electron chi connectivity index (χ3n) is 2.96. The molecular weight excluding hydrogens is 248 g/mol. The van der Waals surface area contributed by atoms with E-state index < -0.39 is 0 Å². The first-order valence-electron chi connectivity index (χ1n) is 6.09. The Kier molecular flexibility index (Phi) is 3.92. The number of anilines is 1. The zero-order chi connectivity index (χ0) is 13.1. The molecule has 0 fully saturated rings. The highest BCUT2D eigenvalue weighted by molar-refractivity contribution is 6.30. The van der Waals surface area contributed by atoms with Gasteiger partial charge in [-0.15, -0.1) is 0 Å². The quantitative estimate of drug-likeness (QED) is 0.891. The third kappa shape index (κ3) is 2.67. The average molecular weight is 265 g/mol. The summed E-state index contributed by atoms with van der Waals surface area (Å²) in [6.07, 6.45) is 0.869. The van der Waals surface area contributed by atoms with Gasteiger partial charge in [0.05, 0.1) is 11.7 Å². The van der Waals surface area contributed by atoms with Crippen molar-refractivity contribution in [2.45, 2.75) is 33.2 Å². The van der Waals surface area contributed by atoms with E-state index in [9.17, 15) is 0 Å². The molecule has 1 aromatic heterocycles. The Morgan fingerprint density at radius 3 is 2.89 bits per heavy atom. The number of hydrogen-bond donors (Lipinski definition) is 1. The van der Waals surface area contributed by atoms with Gasteiger partial charge in [-0.05, 0) is 38.5 Å². The molecule has 96 valence electrons. The SMILES string of the molecule is CCc1noc(C)c1C(C)Nc1cccc(Cl)c1. The molecule has 0 bridgehead atoms. The Hall–Kier alpha value is -1.48. The Bertz CT molecular complexity index is 536. The third-order valence-corrected chi connectivity index (χ3v) is 3.19. The van der Waals surface area contributed by atoms with Crippen LogP contribution in [0.3, 0.4) is 0 Å². The first-order chi connectivity index (χ1) is 8.61. The summed E-state index contributed by atoms with van der Waals surface area (Å²) in [6, 6.07) is 7.84. The van der Waals surface area contributed by atoms with Crippen molar-refractivity contribution in [2.24, 2.45) is 0 Å². The first-order valence-corrected chi connectivity index (χ1v) is 6.46. The number of aromatic nitrogens is 1. The molecule has 1 N–H and O–H groups in total. The molecule has 0 aliphatic heterocycles. The second kappa shape index (κ2) is 5.44. The van der Waals surface area contributed by atoms with Gasteiger partial charge >= 0.3 is 0 Å². The zero-order valence-corrected chi connectivity index (χ0v) is 11.6. The number of aryl methyl sites for hydroxylation is 2. The van der Waals surface area contributed by atoms with E-state index in [-0.39, 0.29) is 6.04 Å². The van der Waals surface area contributed by atoms with E-state index in [1.165, 1.54) is 0 Å². The lowest BCUT2D eigenvalue weighted by molar-refractivity contribution is 0.390. The highest BCUT2D eigenvalue weighted by Crippen LogP contribution is 2.26. The van der Waals surface area contributed by atoms with Crippen LogP contribution in [0.15, 0.2) is 28.8 Å². The maximum atomic E-state index is 5.97. The number of halogens is 1. The van der Waals surface area contributed by atoms with E-state index in [2.05, 4.69) is 24.3 Å². The molecule has 1 heterocycles. The van der Waals surface area contributed by atoms with Crippen molar-refractivity contribution < 1.29 is 4.52 Å². The zero-order valence-electron chi connectivity index (χ0n) is 10.8. The molecule has 0 saturated heterocycles. The second-order valence-electron chi connectivity index (χ2n) is 4.33. The van der Waals surface area contributed by atoms with Crippen molar-refractivity contribution in [1.29, 1.82) is 0 Å². The van der Waals surface area contributed by atoms with Gasteiger partial charge in [0.15, 0.2) is 0 Å². The molecule has 2 rings (SSSR count). The summed E-state index contributed by atoms with van der Waals surface area (Å²) in [7, 11) is 0. The molecule has 0 amide bonds. The van der Waals surface area contributed by atoms with Crippen LogP contribution in [-0.4, -0.2) is 5.16 Å². The van der Waals surface area contributed by atoms with Gasteiger partial charge in [0, 0.05) is 16.3 Å². The lowest BCUT2D eigenvalue weighted by Crippen LogP contribution is -2.09. The molecule has 4 heteroatoms. The van der Waals surface area contributed by atoms with Gasteiger partial charge in [-0.3, -0.25) is 0 Å². The summed E-state index contributed by atoms with van der Waals surface area (Å²) in [5.74, 6) is 0.869. The molecule has 2 aromatic rings. The maximum absolute atomic E-state index is 5.97. The maximum Gasteiger partial charge on any atom is 0.139 e. The standard InChI is InChI=1S/C14H17ClN2O/c1-4-13-14(10(3)18-17-13)9(2)16-12-7-5-6-11(15)8-12/h5-9,16H,4H2,1-3H3. The van der Waals surface area contributed by atoms with Crippen molar-refractivity contribution >= 4 is 17.3 Å². The fraction of sp³-hybridized carbons (Fsp3) is 0.357. The number of nitrogens with zero attached hydrogens (tertiary/aromatic N) is 1. The van der Waals surface area contributed by atoms with Crippen LogP contribution in [0.5, 0.6) is 0 Å². The van der Waals surface area contributed by atoms with Gasteiger partial charge in [-0.1, -0.05) is 29.7 Å². The summed E-state index contributed by atoms with van der Waals surface area (Å²) in [5, 5.41) is 8.22. The van der Waals surface area contributed by atoms with Gasteiger partial charge in [-0.25, -0.2) is 0 Å². The van der Waals surface area contributed by atoms with Gasteiger partial charge < -0.3 is 9.84 Å². The van der Waals surface area contributed by atoms with Crippen LogP contribution in [-0.2, 0) is 6.42 Å². The van der Waals surface area contributed by atoms with Crippen molar-refractivity contribution in [3.05, 3.63) is 46.3 Å². The number of benzene rings is 1. The van der Waals surface area contributed by atoms with Gasteiger partial charge in [0.25, 0.3) is 0 Å². The summed E-state index contributed by atoms with van der Waals surface area (Å²) in [4.78, 5) is 0. The smallest absolute Gasteiger partial charge is 0.139 e.